The van der Waals surface area contributed by atoms with E-state index in [9.17, 15) is 5.11 Å². The number of phenolic OH excluding ortho intramolecular Hbond substituents is 1. The molecule has 30 heavy (non-hydrogen) atoms. The predicted molar refractivity (Wildman–Crippen MR) is 130 cm³/mol. The molecule has 2 heteroatoms. The highest BCUT2D eigenvalue weighted by atomic mass is 16.5. The van der Waals surface area contributed by atoms with Crippen LogP contribution in [0.25, 0.3) is 0 Å². The Morgan fingerprint density at radius 1 is 0.933 bits per heavy atom. The average Bonchev–Trinajstić information content (AvgIpc) is 2.65. The maximum Gasteiger partial charge on any atom is 0.124 e. The Bertz CT molecular complexity index is 663. The van der Waals surface area contributed by atoms with Crippen molar-refractivity contribution in [2.45, 2.75) is 125 Å². The Balaban J connectivity index is 1.68. The molecule has 172 valence electrons. The van der Waals surface area contributed by atoms with Crippen molar-refractivity contribution < 1.29 is 9.84 Å². The first-order valence-corrected chi connectivity index (χ1v) is 12.6. The lowest BCUT2D eigenvalue weighted by molar-refractivity contribution is 0.0520. The number of ether oxygens (including phenoxy) is 1. The van der Waals surface area contributed by atoms with Gasteiger partial charge < -0.3 is 9.84 Å². The molecule has 1 aromatic rings. The van der Waals surface area contributed by atoms with Crippen LogP contribution in [-0.4, -0.2) is 10.7 Å². The van der Waals surface area contributed by atoms with Gasteiger partial charge >= 0.3 is 0 Å². The van der Waals surface area contributed by atoms with Crippen LogP contribution in [0.4, 0.5) is 0 Å². The van der Waals surface area contributed by atoms with E-state index in [1.165, 1.54) is 56.9 Å². The molecule has 0 amide bonds. The number of aromatic hydroxyl groups is 1. The van der Waals surface area contributed by atoms with E-state index in [4.69, 9.17) is 4.74 Å². The molecule has 1 heterocycles. The summed E-state index contributed by atoms with van der Waals surface area (Å²) in [5, 5.41) is 10.2. The quantitative estimate of drug-likeness (QED) is 0.370. The van der Waals surface area contributed by atoms with E-state index in [2.05, 4.69) is 34.6 Å². The fourth-order valence-corrected chi connectivity index (χ4v) is 5.06. The summed E-state index contributed by atoms with van der Waals surface area (Å²) >= 11 is 0. The van der Waals surface area contributed by atoms with Crippen LogP contribution in [0.2, 0.25) is 0 Å². The first-order chi connectivity index (χ1) is 14.1. The van der Waals surface area contributed by atoms with Gasteiger partial charge in [-0.3, -0.25) is 0 Å². The van der Waals surface area contributed by atoms with E-state index in [0.29, 0.717) is 5.75 Å². The molecule has 0 aliphatic carbocycles. The highest BCUT2D eigenvalue weighted by Crippen LogP contribution is 2.41. The molecule has 1 aromatic carbocycles. The smallest absolute Gasteiger partial charge is 0.124 e. The molecule has 0 saturated heterocycles. The zero-order chi connectivity index (χ0) is 22.3. The second-order valence-corrected chi connectivity index (χ2v) is 11.1. The second-order valence-electron chi connectivity index (χ2n) is 11.1. The zero-order valence-corrected chi connectivity index (χ0v) is 20.9. The van der Waals surface area contributed by atoms with Gasteiger partial charge in [0, 0.05) is 5.56 Å². The third-order valence-electron chi connectivity index (χ3n) is 7.36. The first-order valence-electron chi connectivity index (χ1n) is 12.6. The van der Waals surface area contributed by atoms with Gasteiger partial charge in [0.05, 0.1) is 0 Å². The lowest BCUT2D eigenvalue weighted by Crippen LogP contribution is -2.36. The number of phenols is 1. The molecular formula is C28H48O2. The van der Waals surface area contributed by atoms with E-state index < -0.39 is 0 Å². The highest BCUT2D eigenvalue weighted by Gasteiger charge is 2.32. The van der Waals surface area contributed by atoms with Crippen LogP contribution in [0, 0.1) is 31.6 Å². The van der Waals surface area contributed by atoms with Crippen molar-refractivity contribution in [1.29, 1.82) is 0 Å². The largest absolute Gasteiger partial charge is 0.507 e. The number of hydrogen-bond donors (Lipinski definition) is 1. The van der Waals surface area contributed by atoms with Gasteiger partial charge in [-0.25, -0.2) is 0 Å². The lowest BCUT2D eigenvalue weighted by atomic mass is 9.85. The molecule has 1 N–H and O–H groups in total. The molecule has 0 unspecified atom stereocenters. The van der Waals surface area contributed by atoms with Gasteiger partial charge in [-0.05, 0) is 81.4 Å². The molecular weight excluding hydrogens is 368 g/mol. The monoisotopic (exact) mass is 416 g/mol. The van der Waals surface area contributed by atoms with E-state index in [1.54, 1.807) is 0 Å². The maximum atomic E-state index is 10.2. The Morgan fingerprint density at radius 2 is 1.50 bits per heavy atom. The molecule has 0 aromatic heterocycles. The van der Waals surface area contributed by atoms with Crippen LogP contribution in [0.1, 0.15) is 116 Å². The van der Waals surface area contributed by atoms with Crippen molar-refractivity contribution in [2.75, 3.05) is 0 Å². The summed E-state index contributed by atoms with van der Waals surface area (Å²) in [6.45, 7) is 15.8. The summed E-state index contributed by atoms with van der Waals surface area (Å²) in [6.07, 6.45) is 14.1. The van der Waals surface area contributed by atoms with Crippen LogP contribution < -0.4 is 4.74 Å². The number of fused-ring (bicyclic) bond motifs is 1. The van der Waals surface area contributed by atoms with Crippen LogP contribution in [0.5, 0.6) is 11.5 Å². The molecule has 3 atom stereocenters. The van der Waals surface area contributed by atoms with Crippen molar-refractivity contribution >= 4 is 0 Å². The van der Waals surface area contributed by atoms with E-state index in [1.807, 2.05) is 19.9 Å². The van der Waals surface area contributed by atoms with Gasteiger partial charge in [-0.2, -0.15) is 0 Å². The summed E-state index contributed by atoms with van der Waals surface area (Å²) < 4.78 is 6.47. The molecule has 0 saturated carbocycles. The van der Waals surface area contributed by atoms with Crippen LogP contribution in [0.3, 0.4) is 0 Å². The zero-order valence-electron chi connectivity index (χ0n) is 20.9. The van der Waals surface area contributed by atoms with Crippen molar-refractivity contribution in [3.63, 3.8) is 0 Å². The van der Waals surface area contributed by atoms with Crippen molar-refractivity contribution in [3.05, 3.63) is 22.8 Å². The molecule has 0 fully saturated rings. The molecule has 1 aliphatic rings. The normalized spacial score (nSPS) is 20.7. The van der Waals surface area contributed by atoms with Gasteiger partial charge in [-0.1, -0.05) is 72.6 Å². The summed E-state index contributed by atoms with van der Waals surface area (Å²) in [4.78, 5) is 0. The Hall–Kier alpha value is -1.18. The number of aryl methyl sites for hydroxylation is 1. The molecule has 1 aliphatic heterocycles. The maximum absolute atomic E-state index is 10.2. The van der Waals surface area contributed by atoms with Gasteiger partial charge in [0.1, 0.15) is 17.1 Å². The minimum absolute atomic E-state index is 0.0620. The third-order valence-corrected chi connectivity index (χ3v) is 7.36. The summed E-state index contributed by atoms with van der Waals surface area (Å²) in [5.41, 5.74) is 3.06. The summed E-state index contributed by atoms with van der Waals surface area (Å²) in [6, 6.07) is 2.03. The van der Waals surface area contributed by atoms with Crippen molar-refractivity contribution in [2.24, 2.45) is 17.8 Å². The highest BCUT2D eigenvalue weighted by molar-refractivity contribution is 5.53. The summed E-state index contributed by atoms with van der Waals surface area (Å²) in [7, 11) is 0. The molecule has 0 spiro atoms. The number of benzene rings is 1. The molecule has 0 radical (unpaired) electrons. The van der Waals surface area contributed by atoms with Gasteiger partial charge in [0.15, 0.2) is 0 Å². The van der Waals surface area contributed by atoms with Gasteiger partial charge in [0.2, 0.25) is 0 Å². The third kappa shape index (κ3) is 7.50. The fourth-order valence-electron chi connectivity index (χ4n) is 5.06. The summed E-state index contributed by atoms with van der Waals surface area (Å²) in [5.74, 6) is 3.98. The van der Waals surface area contributed by atoms with Crippen LogP contribution in [0.15, 0.2) is 6.07 Å². The van der Waals surface area contributed by atoms with Crippen LogP contribution in [-0.2, 0) is 6.42 Å². The van der Waals surface area contributed by atoms with Crippen molar-refractivity contribution in [3.8, 4) is 11.5 Å². The number of rotatable bonds is 12. The molecule has 0 bridgehead atoms. The van der Waals surface area contributed by atoms with Crippen molar-refractivity contribution in [1.82, 2.24) is 0 Å². The first kappa shape index (κ1) is 25.1. The Labute approximate surface area is 186 Å². The average molecular weight is 417 g/mol. The molecule has 2 rings (SSSR count). The Kier molecular flexibility index (Phi) is 9.57. The minimum atomic E-state index is -0.0620. The number of hydrogen-bond acceptors (Lipinski definition) is 2. The van der Waals surface area contributed by atoms with Gasteiger partial charge in [-0.15, -0.1) is 0 Å². The SMILES string of the molecule is Cc1cc2c(c(C)c1O)CC[C@](C)(CCC[C@@H](C)CCC[C@H](C)CCCC(C)C)O2. The van der Waals surface area contributed by atoms with Gasteiger partial charge in [0.25, 0.3) is 0 Å². The minimum Gasteiger partial charge on any atom is -0.507 e. The Morgan fingerprint density at radius 3 is 2.10 bits per heavy atom. The van der Waals surface area contributed by atoms with E-state index in [-0.39, 0.29) is 5.60 Å². The second kappa shape index (κ2) is 11.4. The fraction of sp³-hybridized carbons (Fsp3) is 0.786. The van der Waals surface area contributed by atoms with E-state index in [0.717, 1.165) is 53.9 Å². The lowest BCUT2D eigenvalue weighted by Gasteiger charge is -2.37. The van der Waals surface area contributed by atoms with E-state index >= 15 is 0 Å². The topological polar surface area (TPSA) is 29.5 Å². The van der Waals surface area contributed by atoms with Crippen LogP contribution >= 0.6 is 0 Å². The molecule has 2 nitrogen and oxygen atoms in total. The standard InChI is InChI=1S/C28H48O2/c1-20(2)11-8-12-21(3)13-9-14-22(4)15-10-17-28(7)18-16-25-24(6)27(29)23(5)19-26(25)30-28/h19-22,29H,8-18H2,1-7H3/t21-,22+,28+/m1/s1. The predicted octanol–water partition coefficient (Wildman–Crippen LogP) is 8.53.